The van der Waals surface area contributed by atoms with Crippen molar-refractivity contribution in [3.63, 3.8) is 0 Å². The van der Waals surface area contributed by atoms with Gasteiger partial charge >= 0.3 is 0 Å². The van der Waals surface area contributed by atoms with Crippen molar-refractivity contribution in [2.45, 2.75) is 25.8 Å². The predicted molar refractivity (Wildman–Crippen MR) is 74.1 cm³/mol. The van der Waals surface area contributed by atoms with Crippen LogP contribution in [0.2, 0.25) is 5.02 Å². The lowest BCUT2D eigenvalue weighted by Crippen LogP contribution is -2.28. The lowest BCUT2D eigenvalue weighted by Gasteiger charge is -2.19. The van der Waals surface area contributed by atoms with E-state index in [-0.39, 0.29) is 11.9 Å². The number of rotatable bonds is 2. The molecule has 1 aliphatic heterocycles. The molecule has 1 fully saturated rings. The highest BCUT2D eigenvalue weighted by Gasteiger charge is 2.32. The van der Waals surface area contributed by atoms with Crippen LogP contribution in [-0.2, 0) is 4.79 Å². The first-order valence-corrected chi connectivity index (χ1v) is 6.89. The van der Waals surface area contributed by atoms with Crippen LogP contribution < -0.4 is 0 Å². The zero-order chi connectivity index (χ0) is 14.1. The van der Waals surface area contributed by atoms with E-state index in [0.29, 0.717) is 16.7 Å². The van der Waals surface area contributed by atoms with Gasteiger partial charge in [-0.3, -0.25) is 4.79 Å². The summed E-state index contributed by atoms with van der Waals surface area (Å²) < 4.78 is 5.33. The summed E-state index contributed by atoms with van der Waals surface area (Å²) in [5.41, 5.74) is 0.844. The van der Waals surface area contributed by atoms with Crippen LogP contribution in [0.15, 0.2) is 28.8 Å². The third-order valence-electron chi connectivity index (χ3n) is 3.49. The Morgan fingerprint density at radius 1 is 1.40 bits per heavy atom. The van der Waals surface area contributed by atoms with Crippen molar-refractivity contribution in [1.82, 2.24) is 15.0 Å². The van der Waals surface area contributed by atoms with E-state index in [1.165, 1.54) is 0 Å². The number of amides is 1. The molecule has 1 aromatic heterocycles. The SMILES string of the molecule is CC(=O)N1CCCC1c1nc(-c2ccc(Cl)cc2)no1. The lowest BCUT2D eigenvalue weighted by molar-refractivity contribution is -0.130. The van der Waals surface area contributed by atoms with Gasteiger partial charge in [-0.05, 0) is 37.1 Å². The topological polar surface area (TPSA) is 59.2 Å². The minimum atomic E-state index is -0.0962. The molecule has 2 heterocycles. The van der Waals surface area contributed by atoms with Gasteiger partial charge in [0.1, 0.15) is 6.04 Å². The van der Waals surface area contributed by atoms with E-state index in [1.54, 1.807) is 24.0 Å². The van der Waals surface area contributed by atoms with Crippen molar-refractivity contribution < 1.29 is 9.32 Å². The number of likely N-dealkylation sites (tertiary alicyclic amines) is 1. The van der Waals surface area contributed by atoms with Crippen LogP contribution in [0.4, 0.5) is 0 Å². The van der Waals surface area contributed by atoms with Crippen LogP contribution in [0.1, 0.15) is 31.7 Å². The molecular weight excluding hydrogens is 278 g/mol. The van der Waals surface area contributed by atoms with Gasteiger partial charge in [0.2, 0.25) is 17.6 Å². The Kier molecular flexibility index (Phi) is 3.44. The van der Waals surface area contributed by atoms with Crippen LogP contribution in [-0.4, -0.2) is 27.5 Å². The van der Waals surface area contributed by atoms with Crippen LogP contribution in [0.3, 0.4) is 0 Å². The molecule has 1 aliphatic rings. The quantitative estimate of drug-likeness (QED) is 0.853. The summed E-state index contributed by atoms with van der Waals surface area (Å²) >= 11 is 5.85. The smallest absolute Gasteiger partial charge is 0.249 e. The number of hydrogen-bond acceptors (Lipinski definition) is 4. The van der Waals surface area contributed by atoms with Gasteiger partial charge in [-0.25, -0.2) is 0 Å². The van der Waals surface area contributed by atoms with Gasteiger partial charge in [-0.1, -0.05) is 16.8 Å². The van der Waals surface area contributed by atoms with Crippen molar-refractivity contribution in [3.05, 3.63) is 35.2 Å². The third kappa shape index (κ3) is 2.41. The number of aromatic nitrogens is 2. The van der Waals surface area contributed by atoms with E-state index in [9.17, 15) is 4.79 Å². The zero-order valence-electron chi connectivity index (χ0n) is 11.0. The van der Waals surface area contributed by atoms with Crippen LogP contribution in [0.25, 0.3) is 11.4 Å². The Balaban J connectivity index is 1.86. The Morgan fingerprint density at radius 2 is 2.15 bits per heavy atom. The maximum Gasteiger partial charge on any atom is 0.249 e. The molecule has 1 saturated heterocycles. The van der Waals surface area contributed by atoms with E-state index >= 15 is 0 Å². The molecule has 104 valence electrons. The largest absolute Gasteiger partial charge is 0.337 e. The molecule has 1 unspecified atom stereocenters. The first-order valence-electron chi connectivity index (χ1n) is 6.52. The van der Waals surface area contributed by atoms with Gasteiger partial charge in [0, 0.05) is 24.1 Å². The van der Waals surface area contributed by atoms with Crippen LogP contribution in [0, 0.1) is 0 Å². The first-order chi connectivity index (χ1) is 9.65. The second kappa shape index (κ2) is 5.25. The fourth-order valence-corrected chi connectivity index (χ4v) is 2.61. The average Bonchev–Trinajstić information content (AvgIpc) is 3.08. The van der Waals surface area contributed by atoms with Gasteiger partial charge in [0.05, 0.1) is 0 Å². The number of nitrogens with zero attached hydrogens (tertiary/aromatic N) is 3. The summed E-state index contributed by atoms with van der Waals surface area (Å²) in [7, 11) is 0. The van der Waals surface area contributed by atoms with E-state index in [1.807, 2.05) is 12.1 Å². The van der Waals surface area contributed by atoms with Crippen molar-refractivity contribution >= 4 is 17.5 Å². The predicted octanol–water partition coefficient (Wildman–Crippen LogP) is 3.07. The highest BCUT2D eigenvalue weighted by molar-refractivity contribution is 6.30. The average molecular weight is 292 g/mol. The molecule has 1 amide bonds. The van der Waals surface area contributed by atoms with Gasteiger partial charge in [0.25, 0.3) is 0 Å². The summed E-state index contributed by atoms with van der Waals surface area (Å²) in [6.07, 6.45) is 1.82. The Labute approximate surface area is 121 Å². The fourth-order valence-electron chi connectivity index (χ4n) is 2.49. The molecule has 0 saturated carbocycles. The van der Waals surface area contributed by atoms with Crippen molar-refractivity contribution in [2.75, 3.05) is 6.54 Å². The minimum absolute atomic E-state index is 0.0405. The van der Waals surface area contributed by atoms with Crippen molar-refractivity contribution in [1.29, 1.82) is 0 Å². The molecular formula is C14H14ClN3O2. The molecule has 20 heavy (non-hydrogen) atoms. The van der Waals surface area contributed by atoms with Crippen molar-refractivity contribution in [2.24, 2.45) is 0 Å². The number of carbonyl (C=O) groups excluding carboxylic acids is 1. The first kappa shape index (κ1) is 13.1. The highest BCUT2D eigenvalue weighted by Crippen LogP contribution is 2.32. The number of halogens is 1. The van der Waals surface area contributed by atoms with E-state index in [0.717, 1.165) is 24.9 Å². The Hall–Kier alpha value is -1.88. The molecule has 1 aromatic carbocycles. The van der Waals surface area contributed by atoms with Gasteiger partial charge < -0.3 is 9.42 Å². The van der Waals surface area contributed by atoms with Crippen LogP contribution >= 0.6 is 11.6 Å². The molecule has 5 nitrogen and oxygen atoms in total. The van der Waals surface area contributed by atoms with Crippen molar-refractivity contribution in [3.8, 4) is 11.4 Å². The lowest BCUT2D eigenvalue weighted by atomic mass is 10.2. The van der Waals surface area contributed by atoms with Crippen LogP contribution in [0.5, 0.6) is 0 Å². The third-order valence-corrected chi connectivity index (χ3v) is 3.74. The van der Waals surface area contributed by atoms with E-state index < -0.39 is 0 Å². The fraction of sp³-hybridized carbons (Fsp3) is 0.357. The standard InChI is InChI=1S/C14H14ClN3O2/c1-9(19)18-8-2-3-12(18)14-16-13(17-20-14)10-4-6-11(15)7-5-10/h4-7,12H,2-3,8H2,1H3. The maximum atomic E-state index is 11.6. The second-order valence-corrected chi connectivity index (χ2v) is 5.27. The zero-order valence-corrected chi connectivity index (χ0v) is 11.8. The molecule has 1 atom stereocenters. The summed E-state index contributed by atoms with van der Waals surface area (Å²) in [4.78, 5) is 17.8. The van der Waals surface area contributed by atoms with Gasteiger partial charge in [-0.2, -0.15) is 4.98 Å². The van der Waals surface area contributed by atoms with E-state index in [2.05, 4.69) is 10.1 Å². The summed E-state index contributed by atoms with van der Waals surface area (Å²) in [5, 5.41) is 4.65. The van der Waals surface area contributed by atoms with Gasteiger partial charge in [-0.15, -0.1) is 0 Å². The normalized spacial score (nSPS) is 18.5. The summed E-state index contributed by atoms with van der Waals surface area (Å²) in [5.74, 6) is 1.06. The van der Waals surface area contributed by atoms with Gasteiger partial charge in [0.15, 0.2) is 0 Å². The number of hydrogen-bond donors (Lipinski definition) is 0. The summed E-state index contributed by atoms with van der Waals surface area (Å²) in [6.45, 7) is 2.31. The molecule has 2 aromatic rings. The van der Waals surface area contributed by atoms with E-state index in [4.69, 9.17) is 16.1 Å². The second-order valence-electron chi connectivity index (χ2n) is 4.83. The summed E-state index contributed by atoms with van der Waals surface area (Å²) in [6, 6.07) is 7.15. The number of carbonyl (C=O) groups is 1. The Morgan fingerprint density at radius 3 is 2.85 bits per heavy atom. The molecule has 3 rings (SSSR count). The molecule has 0 spiro atoms. The Bertz CT molecular complexity index is 624. The molecule has 0 bridgehead atoms. The maximum absolute atomic E-state index is 11.6. The minimum Gasteiger partial charge on any atom is -0.337 e. The monoisotopic (exact) mass is 291 g/mol. The molecule has 0 N–H and O–H groups in total. The molecule has 6 heteroatoms. The highest BCUT2D eigenvalue weighted by atomic mass is 35.5. The molecule has 0 aliphatic carbocycles. The number of benzene rings is 1. The molecule has 0 radical (unpaired) electrons.